The van der Waals surface area contributed by atoms with Crippen LogP contribution in [0.1, 0.15) is 76.2 Å². The van der Waals surface area contributed by atoms with Gasteiger partial charge in [0.05, 0.1) is 67.2 Å². The number of halogens is 3. The molecule has 8 rings (SSSR count). The van der Waals surface area contributed by atoms with E-state index in [0.29, 0.717) is 40.8 Å². The number of aromatic nitrogens is 3. The minimum Gasteiger partial charge on any atom is -0.453 e. The zero-order valence-electron chi connectivity index (χ0n) is 31.6. The lowest BCUT2D eigenvalue weighted by molar-refractivity contribution is -0.136. The number of ether oxygens (including phenoxy) is 2. The number of alkyl carbamates (subject to hydrolysis) is 1. The lowest BCUT2D eigenvalue weighted by Crippen LogP contribution is -2.51. The molecule has 14 nitrogen and oxygen atoms in total. The Morgan fingerprint density at radius 1 is 1.20 bits per heavy atom. The molecular formula is C39H46F3N9O5. The third-order valence-corrected chi connectivity index (χ3v) is 11.8. The predicted molar refractivity (Wildman–Crippen MR) is 201 cm³/mol. The fourth-order valence-corrected chi connectivity index (χ4v) is 9.06. The van der Waals surface area contributed by atoms with Crippen LogP contribution in [0.2, 0.25) is 0 Å². The van der Waals surface area contributed by atoms with Gasteiger partial charge in [0.1, 0.15) is 18.1 Å². The van der Waals surface area contributed by atoms with E-state index in [9.17, 15) is 23.2 Å². The number of allylic oxidation sites excluding steroid dienone is 1. The molecule has 0 radical (unpaired) electrons. The molecule has 4 N–H and O–H groups in total. The Kier molecular flexibility index (Phi) is 9.79. The number of hydrogen-bond donors (Lipinski definition) is 3. The number of nitrogens with one attached hydrogen (secondary N) is 2. The van der Waals surface area contributed by atoms with E-state index in [1.54, 1.807) is 37.1 Å². The highest BCUT2D eigenvalue weighted by Crippen LogP contribution is 2.46. The summed E-state index contributed by atoms with van der Waals surface area (Å²) >= 11 is 0. The van der Waals surface area contributed by atoms with Crippen LogP contribution in [0.15, 0.2) is 46.5 Å². The van der Waals surface area contributed by atoms with E-state index in [1.165, 1.54) is 6.20 Å². The molecule has 17 heteroatoms. The van der Waals surface area contributed by atoms with Crippen LogP contribution in [-0.2, 0) is 19.1 Å². The number of fused-ring (bicyclic) bond motifs is 5. The molecule has 298 valence electrons. The third-order valence-electron chi connectivity index (χ3n) is 11.8. The smallest absolute Gasteiger partial charge is 0.407 e. The van der Waals surface area contributed by atoms with Gasteiger partial charge >= 0.3 is 6.09 Å². The van der Waals surface area contributed by atoms with Crippen LogP contribution >= 0.6 is 0 Å². The summed E-state index contributed by atoms with van der Waals surface area (Å²) in [6.07, 6.45) is 6.95. The molecule has 2 saturated heterocycles. The van der Waals surface area contributed by atoms with E-state index in [1.807, 2.05) is 29.7 Å². The summed E-state index contributed by atoms with van der Waals surface area (Å²) in [4.78, 5) is 57.9. The van der Waals surface area contributed by atoms with E-state index < -0.39 is 55.1 Å². The average molecular weight is 778 g/mol. The number of hydrogen-bond acceptors (Lipinski definition) is 9. The number of alkyl halides is 2. The predicted octanol–water partition coefficient (Wildman–Crippen LogP) is 4.84. The zero-order chi connectivity index (χ0) is 39.6. The number of carbonyl (C=O) groups excluding carboxylic acids is 3. The van der Waals surface area contributed by atoms with Crippen molar-refractivity contribution in [3.05, 3.63) is 53.9 Å². The van der Waals surface area contributed by atoms with Gasteiger partial charge in [-0.15, -0.1) is 0 Å². The highest BCUT2D eigenvalue weighted by Gasteiger charge is 2.50. The van der Waals surface area contributed by atoms with Crippen molar-refractivity contribution in [2.45, 2.75) is 94.9 Å². The molecule has 56 heavy (non-hydrogen) atoms. The number of aliphatic imine (C=N–C) groups is 2. The van der Waals surface area contributed by atoms with E-state index in [0.717, 1.165) is 30.6 Å². The first-order chi connectivity index (χ1) is 26.8. The number of likely N-dealkylation sites (tertiary alicyclic amines) is 2. The van der Waals surface area contributed by atoms with Crippen molar-refractivity contribution in [3.63, 3.8) is 0 Å². The number of H-pyrrole nitrogens is 1. The van der Waals surface area contributed by atoms with Crippen LogP contribution in [-0.4, -0.2) is 111 Å². The van der Waals surface area contributed by atoms with Crippen LogP contribution in [0.3, 0.4) is 0 Å². The molecule has 0 bridgehead atoms. The largest absolute Gasteiger partial charge is 0.453 e. The molecule has 1 aromatic carbocycles. The molecule has 0 spiro atoms. The van der Waals surface area contributed by atoms with Gasteiger partial charge in [-0.25, -0.2) is 22.9 Å². The maximum Gasteiger partial charge on any atom is 0.407 e. The summed E-state index contributed by atoms with van der Waals surface area (Å²) in [5.74, 6) is -5.00. The number of methoxy groups -OCH3 is 1. The average Bonchev–Trinajstić information content (AvgIpc) is 4.03. The van der Waals surface area contributed by atoms with Crippen molar-refractivity contribution in [1.82, 2.24) is 29.7 Å². The van der Waals surface area contributed by atoms with Gasteiger partial charge in [-0.3, -0.25) is 19.6 Å². The number of aromatic amines is 1. The second-order valence-electron chi connectivity index (χ2n) is 15.7. The zero-order valence-corrected chi connectivity index (χ0v) is 31.6. The van der Waals surface area contributed by atoms with E-state index in [4.69, 9.17) is 15.5 Å². The summed E-state index contributed by atoms with van der Waals surface area (Å²) in [5, 5.41) is 2.84. The number of amides is 3. The second-order valence-corrected chi connectivity index (χ2v) is 15.7. The van der Waals surface area contributed by atoms with Gasteiger partial charge in [0.15, 0.2) is 12.0 Å². The van der Waals surface area contributed by atoms with Gasteiger partial charge < -0.3 is 39.9 Å². The third kappa shape index (κ3) is 6.57. The number of carbonyl (C=O) groups is 3. The van der Waals surface area contributed by atoms with E-state index >= 15 is 4.39 Å². The second kappa shape index (κ2) is 14.5. The summed E-state index contributed by atoms with van der Waals surface area (Å²) < 4.78 is 59.5. The molecule has 2 aromatic heterocycles. The summed E-state index contributed by atoms with van der Waals surface area (Å²) in [5.41, 5.74) is 8.67. The van der Waals surface area contributed by atoms with Crippen LogP contribution < -0.4 is 11.1 Å². The lowest BCUT2D eigenvalue weighted by Gasteiger charge is -2.39. The molecule has 8 unspecified atom stereocenters. The standard InChI is InChI=1S/C39H46F3N9O5/c1-19(2)33(48-38(54)55-4)37(53)50-18-39(41,42)14-29(50)36-45-16-25(47-36)21-8-10-27-24(12-21)32(40)34-23-9-7-22(13-30(23)56-20(3)51(27)34)26-17-44-35(46-26)28-6-5-11-49(28)31(52)15-43/h7-10,12,16-17,19-20,22-23,28-30,33,35H,5-6,11,13-15,18,43H2,1-4H3,(H,45,47)(H,48,54). The molecule has 8 atom stereocenters. The molecule has 6 heterocycles. The van der Waals surface area contributed by atoms with Gasteiger partial charge in [0, 0.05) is 42.0 Å². The molecule has 5 aliphatic rings. The first-order valence-corrected chi connectivity index (χ1v) is 19.1. The molecular weight excluding hydrogens is 731 g/mol. The normalized spacial score (nSPS) is 28.4. The Morgan fingerprint density at radius 2 is 2.00 bits per heavy atom. The molecule has 4 aliphatic heterocycles. The van der Waals surface area contributed by atoms with Crippen molar-refractivity contribution in [2.24, 2.45) is 27.6 Å². The summed E-state index contributed by atoms with van der Waals surface area (Å²) in [6.45, 7) is 5.07. The van der Waals surface area contributed by atoms with Gasteiger partial charge in [0.2, 0.25) is 11.8 Å². The topological polar surface area (TPSA) is 173 Å². The maximum absolute atomic E-state index is 16.6. The van der Waals surface area contributed by atoms with Crippen molar-refractivity contribution >= 4 is 40.7 Å². The van der Waals surface area contributed by atoms with Gasteiger partial charge in [0.25, 0.3) is 5.92 Å². The van der Waals surface area contributed by atoms with E-state index in [-0.39, 0.29) is 54.2 Å². The maximum atomic E-state index is 16.6. The first kappa shape index (κ1) is 37.9. The van der Waals surface area contributed by atoms with Gasteiger partial charge in [-0.2, -0.15) is 0 Å². The van der Waals surface area contributed by atoms with Crippen molar-refractivity contribution in [2.75, 3.05) is 26.7 Å². The Morgan fingerprint density at radius 3 is 2.75 bits per heavy atom. The fourth-order valence-electron chi connectivity index (χ4n) is 9.06. The highest BCUT2D eigenvalue weighted by molar-refractivity contribution is 6.33. The minimum atomic E-state index is -3.18. The number of rotatable bonds is 8. The van der Waals surface area contributed by atoms with Crippen LogP contribution in [0.25, 0.3) is 22.2 Å². The molecule has 3 amide bonds. The number of benzene rings is 1. The van der Waals surface area contributed by atoms with Gasteiger partial charge in [-0.05, 0) is 44.2 Å². The van der Waals surface area contributed by atoms with Crippen molar-refractivity contribution in [3.8, 4) is 11.3 Å². The Labute approximate surface area is 321 Å². The summed E-state index contributed by atoms with van der Waals surface area (Å²) in [6, 6.07) is 3.04. The van der Waals surface area contributed by atoms with E-state index in [2.05, 4.69) is 25.0 Å². The van der Waals surface area contributed by atoms with Crippen LogP contribution in [0, 0.1) is 17.7 Å². The molecule has 3 aromatic rings. The molecule has 0 saturated carbocycles. The monoisotopic (exact) mass is 777 g/mol. The quantitative estimate of drug-likeness (QED) is 0.275. The SMILES string of the molecule is COC(=O)NC(C(=O)N1CC(F)(F)CC1c1ncc(-c2ccc3c(c2)c(F)c2n3C(C)OC3CC(C4=NC(C5CCCN5C(=O)CN)N=C4)C=CC23)[nH]1)C(C)C. The lowest BCUT2D eigenvalue weighted by atomic mass is 9.81. The molecule has 1 aliphatic carbocycles. The van der Waals surface area contributed by atoms with Crippen LogP contribution in [0.5, 0.6) is 0 Å². The van der Waals surface area contributed by atoms with Crippen LogP contribution in [0.4, 0.5) is 18.0 Å². The van der Waals surface area contributed by atoms with Crippen molar-refractivity contribution < 1.29 is 37.0 Å². The Bertz CT molecular complexity index is 2150. The highest BCUT2D eigenvalue weighted by atomic mass is 19.3. The van der Waals surface area contributed by atoms with Crippen molar-refractivity contribution in [1.29, 1.82) is 0 Å². The Balaban J connectivity index is 1.04. The number of imidazole rings is 1. The van der Waals surface area contributed by atoms with Gasteiger partial charge in [-0.1, -0.05) is 32.1 Å². The minimum absolute atomic E-state index is 0.0442. The first-order valence-electron chi connectivity index (χ1n) is 19.1. The number of nitrogens with two attached hydrogens (primary N) is 1. The molecule has 2 fully saturated rings. The summed E-state index contributed by atoms with van der Waals surface area (Å²) in [7, 11) is 1.16. The Hall–Kier alpha value is -5.03. The number of nitrogens with zero attached hydrogens (tertiary/aromatic N) is 6. The fraction of sp³-hybridized carbons (Fsp3) is 0.538.